The van der Waals surface area contributed by atoms with E-state index in [1.165, 1.54) is 16.2 Å². The molecule has 0 aromatic heterocycles. The van der Waals surface area contributed by atoms with Crippen molar-refractivity contribution in [2.75, 3.05) is 35.2 Å². The van der Waals surface area contributed by atoms with Crippen LogP contribution in [0.25, 0.3) is 0 Å². The topological polar surface area (TPSA) is 79.0 Å². The number of hydrogen-bond donors (Lipinski definition) is 1. The molecule has 3 aromatic carbocycles. The van der Waals surface area contributed by atoms with Crippen LogP contribution >= 0.6 is 0 Å². The van der Waals surface area contributed by atoms with Crippen molar-refractivity contribution < 1.29 is 17.9 Å². The second kappa shape index (κ2) is 12.4. The molecule has 1 amide bonds. The third-order valence-electron chi connectivity index (χ3n) is 5.90. The van der Waals surface area contributed by atoms with Crippen LogP contribution in [0.4, 0.5) is 11.4 Å². The van der Waals surface area contributed by atoms with Gasteiger partial charge >= 0.3 is 0 Å². The Labute approximate surface area is 214 Å². The van der Waals surface area contributed by atoms with Crippen molar-refractivity contribution in [1.82, 2.24) is 5.32 Å². The van der Waals surface area contributed by atoms with Crippen LogP contribution in [0, 0.1) is 0 Å². The SMILES string of the molecule is CCOc1ccc(N(Cc2ccc(C(=O)NCc3ccc(N(CC)CC)cc3)cc2)S(C)(=O)=O)cc1. The summed E-state index contributed by atoms with van der Waals surface area (Å²) in [7, 11) is -3.51. The molecule has 0 aliphatic carbocycles. The molecule has 8 heteroatoms. The first kappa shape index (κ1) is 27.1. The Morgan fingerprint density at radius 2 is 1.36 bits per heavy atom. The van der Waals surface area contributed by atoms with Crippen molar-refractivity contribution in [3.05, 3.63) is 89.5 Å². The highest BCUT2D eigenvalue weighted by molar-refractivity contribution is 7.92. The van der Waals surface area contributed by atoms with Crippen molar-refractivity contribution in [2.45, 2.75) is 33.9 Å². The third kappa shape index (κ3) is 7.24. The fraction of sp³-hybridized carbons (Fsp3) is 0.321. The van der Waals surface area contributed by atoms with Gasteiger partial charge in [0.05, 0.1) is 25.1 Å². The number of nitrogens with zero attached hydrogens (tertiary/aromatic N) is 2. The van der Waals surface area contributed by atoms with E-state index < -0.39 is 10.0 Å². The molecule has 0 aliphatic rings. The predicted molar refractivity (Wildman–Crippen MR) is 146 cm³/mol. The van der Waals surface area contributed by atoms with Gasteiger partial charge in [-0.2, -0.15) is 0 Å². The first-order valence-corrected chi connectivity index (χ1v) is 14.0. The van der Waals surface area contributed by atoms with Gasteiger partial charge in [-0.25, -0.2) is 8.42 Å². The van der Waals surface area contributed by atoms with Gasteiger partial charge in [0.25, 0.3) is 5.91 Å². The molecule has 7 nitrogen and oxygen atoms in total. The van der Waals surface area contributed by atoms with Crippen LogP contribution in [0.2, 0.25) is 0 Å². The Balaban J connectivity index is 1.63. The first-order valence-electron chi connectivity index (χ1n) is 12.2. The van der Waals surface area contributed by atoms with Crippen LogP contribution in [-0.2, 0) is 23.1 Å². The summed E-state index contributed by atoms with van der Waals surface area (Å²) in [5.74, 6) is 0.505. The largest absolute Gasteiger partial charge is 0.494 e. The number of anilines is 2. The Hall–Kier alpha value is -3.52. The van der Waals surface area contributed by atoms with Crippen LogP contribution in [0.15, 0.2) is 72.8 Å². The van der Waals surface area contributed by atoms with Gasteiger partial charge in [-0.05, 0) is 80.4 Å². The standard InChI is InChI=1S/C28H35N3O4S/c1-5-30(6-2)25-14-10-22(11-15-25)20-29-28(32)24-12-8-23(9-13-24)21-31(36(4,33)34)26-16-18-27(19-17-26)35-7-3/h8-19H,5-7,20-21H2,1-4H3,(H,29,32). The number of amides is 1. The summed E-state index contributed by atoms with van der Waals surface area (Å²) in [6.07, 6.45) is 1.18. The normalized spacial score (nSPS) is 11.1. The molecule has 0 saturated heterocycles. The van der Waals surface area contributed by atoms with Crippen molar-refractivity contribution in [3.63, 3.8) is 0 Å². The second-order valence-electron chi connectivity index (χ2n) is 8.41. The molecule has 0 unspecified atom stereocenters. The average Bonchev–Trinajstić information content (AvgIpc) is 2.88. The number of carbonyl (C=O) groups is 1. The number of nitrogens with one attached hydrogen (secondary N) is 1. The Kier molecular flexibility index (Phi) is 9.36. The molecular weight excluding hydrogens is 474 g/mol. The van der Waals surface area contributed by atoms with E-state index in [1.54, 1.807) is 48.5 Å². The van der Waals surface area contributed by atoms with E-state index in [2.05, 4.69) is 36.2 Å². The number of rotatable bonds is 12. The summed E-state index contributed by atoms with van der Waals surface area (Å²) in [6.45, 7) is 9.18. The molecule has 1 N–H and O–H groups in total. The highest BCUT2D eigenvalue weighted by Gasteiger charge is 2.18. The monoisotopic (exact) mass is 509 g/mol. The Bertz CT molecular complexity index is 1220. The number of benzene rings is 3. The third-order valence-corrected chi connectivity index (χ3v) is 7.04. The zero-order valence-corrected chi connectivity index (χ0v) is 22.2. The number of ether oxygens (including phenoxy) is 1. The second-order valence-corrected chi connectivity index (χ2v) is 10.3. The Morgan fingerprint density at radius 3 is 1.89 bits per heavy atom. The molecule has 192 valence electrons. The predicted octanol–water partition coefficient (Wildman–Crippen LogP) is 4.83. The van der Waals surface area contributed by atoms with Gasteiger partial charge < -0.3 is 15.0 Å². The van der Waals surface area contributed by atoms with E-state index in [9.17, 15) is 13.2 Å². The van der Waals surface area contributed by atoms with E-state index in [-0.39, 0.29) is 12.5 Å². The van der Waals surface area contributed by atoms with Crippen LogP contribution in [0.3, 0.4) is 0 Å². The molecular formula is C28H35N3O4S. The highest BCUT2D eigenvalue weighted by atomic mass is 32.2. The lowest BCUT2D eigenvalue weighted by atomic mass is 10.1. The molecule has 0 aliphatic heterocycles. The average molecular weight is 510 g/mol. The molecule has 0 fully saturated rings. The number of hydrogen-bond acceptors (Lipinski definition) is 5. The van der Waals surface area contributed by atoms with Gasteiger partial charge in [0, 0.05) is 30.9 Å². The Morgan fingerprint density at radius 1 is 0.806 bits per heavy atom. The van der Waals surface area contributed by atoms with Crippen molar-refractivity contribution in [2.24, 2.45) is 0 Å². The molecule has 0 atom stereocenters. The molecule has 0 heterocycles. The van der Waals surface area contributed by atoms with E-state index in [0.29, 0.717) is 30.2 Å². The molecule has 0 saturated carbocycles. The minimum Gasteiger partial charge on any atom is -0.494 e. The summed E-state index contributed by atoms with van der Waals surface area (Å²) in [6, 6.07) is 22.1. The zero-order chi connectivity index (χ0) is 26.1. The maximum atomic E-state index is 12.6. The zero-order valence-electron chi connectivity index (χ0n) is 21.4. The van der Waals surface area contributed by atoms with Crippen molar-refractivity contribution in [1.29, 1.82) is 0 Å². The summed E-state index contributed by atoms with van der Waals surface area (Å²) in [4.78, 5) is 14.9. The lowest BCUT2D eigenvalue weighted by Crippen LogP contribution is -2.29. The summed E-state index contributed by atoms with van der Waals surface area (Å²) < 4.78 is 31.7. The molecule has 36 heavy (non-hydrogen) atoms. The van der Waals surface area contributed by atoms with Crippen LogP contribution in [-0.4, -0.2) is 40.3 Å². The van der Waals surface area contributed by atoms with Gasteiger partial charge in [-0.1, -0.05) is 24.3 Å². The van der Waals surface area contributed by atoms with Crippen LogP contribution in [0.1, 0.15) is 42.3 Å². The van der Waals surface area contributed by atoms with Crippen molar-refractivity contribution >= 4 is 27.3 Å². The van der Waals surface area contributed by atoms with Gasteiger partial charge in [0.15, 0.2) is 0 Å². The summed E-state index contributed by atoms with van der Waals surface area (Å²) in [5, 5.41) is 2.95. The smallest absolute Gasteiger partial charge is 0.251 e. The minimum atomic E-state index is -3.51. The van der Waals surface area contributed by atoms with Gasteiger partial charge in [0.1, 0.15) is 5.75 Å². The fourth-order valence-electron chi connectivity index (χ4n) is 3.90. The van der Waals surface area contributed by atoms with Crippen molar-refractivity contribution in [3.8, 4) is 5.75 Å². The molecule has 3 rings (SSSR count). The molecule has 3 aromatic rings. The summed E-state index contributed by atoms with van der Waals surface area (Å²) in [5.41, 5.74) is 4.03. The maximum absolute atomic E-state index is 12.6. The fourth-order valence-corrected chi connectivity index (χ4v) is 4.79. The molecule has 0 radical (unpaired) electrons. The minimum absolute atomic E-state index is 0.160. The lowest BCUT2D eigenvalue weighted by Gasteiger charge is -2.23. The van der Waals surface area contributed by atoms with E-state index >= 15 is 0 Å². The molecule has 0 spiro atoms. The number of carbonyl (C=O) groups excluding carboxylic acids is 1. The van der Waals surface area contributed by atoms with Crippen LogP contribution in [0.5, 0.6) is 5.75 Å². The quantitative estimate of drug-likeness (QED) is 0.378. The highest BCUT2D eigenvalue weighted by Crippen LogP contribution is 2.24. The van der Waals surface area contributed by atoms with E-state index in [4.69, 9.17) is 4.74 Å². The molecule has 0 bridgehead atoms. The van der Waals surface area contributed by atoms with Crippen LogP contribution < -0.4 is 19.3 Å². The van der Waals surface area contributed by atoms with E-state index in [1.807, 2.05) is 19.1 Å². The van der Waals surface area contributed by atoms with Gasteiger partial charge in [-0.15, -0.1) is 0 Å². The summed E-state index contributed by atoms with van der Waals surface area (Å²) >= 11 is 0. The van der Waals surface area contributed by atoms with Gasteiger partial charge in [0.2, 0.25) is 10.0 Å². The lowest BCUT2D eigenvalue weighted by molar-refractivity contribution is 0.0951. The van der Waals surface area contributed by atoms with Gasteiger partial charge in [-0.3, -0.25) is 9.10 Å². The first-order chi connectivity index (χ1) is 17.2. The number of sulfonamides is 1. The van der Waals surface area contributed by atoms with E-state index in [0.717, 1.165) is 24.2 Å². The maximum Gasteiger partial charge on any atom is 0.251 e.